The van der Waals surface area contributed by atoms with Crippen molar-refractivity contribution in [2.45, 2.75) is 5.16 Å². The van der Waals surface area contributed by atoms with E-state index in [1.165, 1.54) is 16.3 Å². The number of para-hydroxylation sites is 1. The lowest BCUT2D eigenvalue weighted by atomic mass is 9.97. The fourth-order valence-corrected chi connectivity index (χ4v) is 5.48. The molecule has 0 aliphatic carbocycles. The Hall–Kier alpha value is -4.46. The van der Waals surface area contributed by atoms with Gasteiger partial charge in [-0.15, -0.1) is 0 Å². The predicted octanol–water partition coefficient (Wildman–Crippen LogP) is 6.59. The van der Waals surface area contributed by atoms with Crippen molar-refractivity contribution in [2.24, 2.45) is 5.10 Å². The number of hydrazone groups is 1. The first-order valence-electron chi connectivity index (χ1n) is 12.2. The summed E-state index contributed by atoms with van der Waals surface area (Å²) < 4.78 is 1.50. The van der Waals surface area contributed by atoms with Crippen LogP contribution in [-0.2, 0) is 4.79 Å². The monoisotopic (exact) mass is 548 g/mol. The Morgan fingerprint density at radius 3 is 2.18 bits per heavy atom. The highest BCUT2D eigenvalue weighted by molar-refractivity contribution is 7.99. The minimum absolute atomic E-state index is 0.0198. The first-order valence-corrected chi connectivity index (χ1v) is 13.6. The van der Waals surface area contributed by atoms with E-state index in [1.54, 1.807) is 48.7 Å². The Kier molecular flexibility index (Phi) is 6.84. The van der Waals surface area contributed by atoms with Crippen molar-refractivity contribution < 1.29 is 4.79 Å². The number of hydrogen-bond acceptors (Lipinski definition) is 5. The molecule has 0 unspecified atom stereocenters. The number of carbonyl (C=O) groups excluding carboxylic acids is 1. The number of thioether (sulfide) groups is 1. The average molecular weight is 549 g/mol. The largest absolute Gasteiger partial charge is 0.272 e. The van der Waals surface area contributed by atoms with Gasteiger partial charge in [-0.05, 0) is 64.0 Å². The van der Waals surface area contributed by atoms with Crippen molar-refractivity contribution in [3.63, 3.8) is 0 Å². The molecule has 0 bridgehead atoms. The quantitative estimate of drug-likeness (QED) is 0.0837. The highest BCUT2D eigenvalue weighted by Crippen LogP contribution is 2.27. The molecule has 1 heterocycles. The number of hydrogen-bond donors (Lipinski definition) is 1. The van der Waals surface area contributed by atoms with E-state index < -0.39 is 0 Å². The molecule has 0 atom stereocenters. The lowest BCUT2D eigenvalue weighted by molar-refractivity contribution is -0.118. The molecule has 190 valence electrons. The molecule has 39 heavy (non-hydrogen) atoms. The van der Waals surface area contributed by atoms with E-state index in [0.717, 1.165) is 27.1 Å². The fraction of sp³-hybridized carbons (Fsp3) is 0.0323. The van der Waals surface area contributed by atoms with Gasteiger partial charge >= 0.3 is 0 Å². The van der Waals surface area contributed by atoms with E-state index in [-0.39, 0.29) is 17.2 Å². The van der Waals surface area contributed by atoms with Crippen LogP contribution in [0.25, 0.3) is 38.1 Å². The van der Waals surface area contributed by atoms with Gasteiger partial charge in [-0.25, -0.2) is 10.4 Å². The molecular weight excluding hydrogens is 528 g/mol. The average Bonchev–Trinajstić information content (AvgIpc) is 2.96. The van der Waals surface area contributed by atoms with Crippen LogP contribution >= 0.6 is 23.4 Å². The third-order valence-corrected chi connectivity index (χ3v) is 7.55. The molecule has 8 heteroatoms. The van der Waals surface area contributed by atoms with Gasteiger partial charge in [0.15, 0.2) is 5.16 Å². The van der Waals surface area contributed by atoms with Crippen LogP contribution in [0, 0.1) is 0 Å². The Bertz CT molecular complexity index is 1900. The number of nitrogens with zero attached hydrogens (tertiary/aromatic N) is 3. The fourth-order valence-electron chi connectivity index (χ4n) is 4.55. The minimum atomic E-state index is -0.314. The van der Waals surface area contributed by atoms with E-state index in [0.29, 0.717) is 26.8 Å². The molecule has 5 aromatic carbocycles. The van der Waals surface area contributed by atoms with Crippen LogP contribution in [-0.4, -0.2) is 27.4 Å². The maximum Gasteiger partial charge on any atom is 0.266 e. The number of benzene rings is 5. The van der Waals surface area contributed by atoms with E-state index in [1.807, 2.05) is 42.5 Å². The van der Waals surface area contributed by atoms with E-state index >= 15 is 0 Å². The smallest absolute Gasteiger partial charge is 0.266 e. The highest BCUT2D eigenvalue weighted by atomic mass is 35.5. The van der Waals surface area contributed by atoms with Crippen molar-refractivity contribution in [2.75, 3.05) is 5.75 Å². The van der Waals surface area contributed by atoms with Crippen LogP contribution in [0.3, 0.4) is 0 Å². The van der Waals surface area contributed by atoms with Crippen molar-refractivity contribution in [1.29, 1.82) is 0 Å². The standard InChI is InChI=1S/C31H21ClN4O2S/c32-22-13-15-23(16-14-22)36-30(38)26-11-5-6-12-28(26)34-31(36)39-19-29(37)35-33-18-27-24-9-3-1-7-20(24)17-21-8-2-4-10-25(21)27/h1-18H,19H2,(H,35,37)/b33-18+. The Morgan fingerprint density at radius 2 is 1.49 bits per heavy atom. The van der Waals surface area contributed by atoms with Crippen molar-refractivity contribution in [3.05, 3.63) is 124 Å². The SMILES string of the molecule is O=C(CSc1nc2ccccc2c(=O)n1-c1ccc(Cl)cc1)N/N=C/c1c2ccccc2cc2ccccc12. The molecule has 0 saturated carbocycles. The molecule has 1 N–H and O–H groups in total. The van der Waals surface area contributed by atoms with Gasteiger partial charge < -0.3 is 0 Å². The van der Waals surface area contributed by atoms with Crippen LogP contribution in [0.4, 0.5) is 0 Å². The van der Waals surface area contributed by atoms with Crippen molar-refractivity contribution in [1.82, 2.24) is 15.0 Å². The number of halogens is 1. The predicted molar refractivity (Wildman–Crippen MR) is 160 cm³/mol. The molecule has 6 aromatic rings. The lowest BCUT2D eigenvalue weighted by Gasteiger charge is -2.13. The lowest BCUT2D eigenvalue weighted by Crippen LogP contribution is -2.24. The second-order valence-corrected chi connectivity index (χ2v) is 10.2. The molecule has 0 radical (unpaired) electrons. The van der Waals surface area contributed by atoms with Gasteiger partial charge in [-0.2, -0.15) is 5.10 Å². The van der Waals surface area contributed by atoms with E-state index in [2.05, 4.69) is 33.7 Å². The molecule has 6 nitrogen and oxygen atoms in total. The second-order valence-electron chi connectivity index (χ2n) is 8.84. The number of nitrogens with one attached hydrogen (secondary N) is 1. The summed E-state index contributed by atoms with van der Waals surface area (Å²) in [4.78, 5) is 30.8. The van der Waals surface area contributed by atoms with Crippen LogP contribution in [0.5, 0.6) is 0 Å². The van der Waals surface area contributed by atoms with Gasteiger partial charge in [-0.3, -0.25) is 14.2 Å². The number of amides is 1. The summed E-state index contributed by atoms with van der Waals surface area (Å²) in [5, 5.41) is 10.0. The molecular formula is C31H21ClN4O2S. The van der Waals surface area contributed by atoms with Gasteiger partial charge in [0.05, 0.1) is 28.6 Å². The maximum atomic E-state index is 13.4. The second kappa shape index (κ2) is 10.7. The number of rotatable bonds is 6. The Balaban J connectivity index is 1.26. The van der Waals surface area contributed by atoms with Crippen molar-refractivity contribution >= 4 is 67.9 Å². The number of aromatic nitrogens is 2. The zero-order valence-electron chi connectivity index (χ0n) is 20.5. The summed E-state index contributed by atoms with van der Waals surface area (Å²) in [6.45, 7) is 0. The van der Waals surface area contributed by atoms with Gasteiger partial charge in [0, 0.05) is 10.6 Å². The zero-order chi connectivity index (χ0) is 26.8. The molecule has 1 amide bonds. The van der Waals surface area contributed by atoms with Gasteiger partial charge in [0.1, 0.15) is 0 Å². The normalized spacial score (nSPS) is 11.5. The van der Waals surface area contributed by atoms with Crippen LogP contribution in [0.2, 0.25) is 5.02 Å². The summed E-state index contributed by atoms with van der Waals surface area (Å²) >= 11 is 7.23. The maximum absolute atomic E-state index is 13.4. The van der Waals surface area contributed by atoms with Crippen LogP contribution in [0.1, 0.15) is 5.56 Å². The summed E-state index contributed by atoms with van der Waals surface area (Å²) in [6.07, 6.45) is 1.69. The van der Waals surface area contributed by atoms with Gasteiger partial charge in [-0.1, -0.05) is 84.0 Å². The molecule has 0 fully saturated rings. The Morgan fingerprint density at radius 1 is 0.872 bits per heavy atom. The van der Waals surface area contributed by atoms with E-state index in [4.69, 9.17) is 11.6 Å². The third kappa shape index (κ3) is 5.02. The molecule has 1 aromatic heterocycles. The van der Waals surface area contributed by atoms with Crippen LogP contribution in [0.15, 0.2) is 118 Å². The molecule has 6 rings (SSSR count). The Labute approximate surface area is 232 Å². The summed E-state index contributed by atoms with van der Waals surface area (Å²) in [5.41, 5.74) is 4.53. The summed E-state index contributed by atoms with van der Waals surface area (Å²) in [6, 6.07) is 32.4. The minimum Gasteiger partial charge on any atom is -0.272 e. The van der Waals surface area contributed by atoms with Crippen molar-refractivity contribution in [3.8, 4) is 5.69 Å². The molecule has 0 saturated heterocycles. The van der Waals surface area contributed by atoms with Gasteiger partial charge in [0.25, 0.3) is 11.5 Å². The highest BCUT2D eigenvalue weighted by Gasteiger charge is 2.15. The topological polar surface area (TPSA) is 76.3 Å². The van der Waals surface area contributed by atoms with Gasteiger partial charge in [0.2, 0.25) is 0 Å². The van der Waals surface area contributed by atoms with Crippen LogP contribution < -0.4 is 11.0 Å². The first kappa shape index (κ1) is 24.9. The third-order valence-electron chi connectivity index (χ3n) is 6.36. The number of fused-ring (bicyclic) bond motifs is 3. The molecule has 0 aliphatic rings. The molecule has 0 aliphatic heterocycles. The summed E-state index contributed by atoms with van der Waals surface area (Å²) in [7, 11) is 0. The molecule has 0 spiro atoms. The first-order chi connectivity index (χ1) is 19.1. The van der Waals surface area contributed by atoms with E-state index in [9.17, 15) is 9.59 Å². The number of carbonyl (C=O) groups is 1. The zero-order valence-corrected chi connectivity index (χ0v) is 22.1. The summed E-state index contributed by atoms with van der Waals surface area (Å²) in [5.74, 6) is -0.294.